The summed E-state index contributed by atoms with van der Waals surface area (Å²) >= 11 is 4.88. The maximum Gasteiger partial charge on any atom is 0.261 e. The van der Waals surface area contributed by atoms with Gasteiger partial charge in [0.25, 0.3) is 11.8 Å². The average Bonchev–Trinajstić information content (AvgIpc) is 3.47. The number of amides is 2. The molecule has 1 aliphatic carbocycles. The molecule has 3 aromatic heterocycles. The van der Waals surface area contributed by atoms with Crippen molar-refractivity contribution in [3.63, 3.8) is 0 Å². The van der Waals surface area contributed by atoms with Crippen molar-refractivity contribution >= 4 is 50.1 Å². The van der Waals surface area contributed by atoms with E-state index in [2.05, 4.69) is 36.1 Å². The molecule has 0 spiro atoms. The van der Waals surface area contributed by atoms with Gasteiger partial charge in [0.15, 0.2) is 5.82 Å². The van der Waals surface area contributed by atoms with Gasteiger partial charge in [-0.2, -0.15) is 0 Å². The third kappa shape index (κ3) is 5.22. The predicted octanol–water partition coefficient (Wildman–Crippen LogP) is 5.97. The van der Waals surface area contributed by atoms with E-state index in [0.717, 1.165) is 52.0 Å². The number of hydrogen-bond acceptors (Lipinski definition) is 5. The topological polar surface area (TPSA) is 88.9 Å². The second-order valence-electron chi connectivity index (χ2n) is 9.45. The van der Waals surface area contributed by atoms with Gasteiger partial charge in [-0.1, -0.05) is 6.07 Å². The van der Waals surface area contributed by atoms with E-state index in [1.165, 1.54) is 11.3 Å². The number of thiophene rings is 1. The van der Waals surface area contributed by atoms with E-state index in [4.69, 9.17) is 4.98 Å². The zero-order valence-electron chi connectivity index (χ0n) is 20.2. The number of halogens is 1. The Morgan fingerprint density at radius 1 is 1.11 bits per heavy atom. The zero-order valence-corrected chi connectivity index (χ0v) is 22.6. The van der Waals surface area contributed by atoms with Crippen LogP contribution in [0.3, 0.4) is 0 Å². The molecular weight excluding hydrogens is 538 g/mol. The second-order valence-corrected chi connectivity index (χ2v) is 11.9. The maximum absolute atomic E-state index is 12.8. The summed E-state index contributed by atoms with van der Waals surface area (Å²) in [7, 11) is 0. The normalized spacial score (nSPS) is 17.9. The number of benzene rings is 1. The van der Waals surface area contributed by atoms with Gasteiger partial charge >= 0.3 is 0 Å². The third-order valence-corrected chi connectivity index (χ3v) is 8.03. The van der Waals surface area contributed by atoms with Crippen LogP contribution in [0.5, 0.6) is 0 Å². The van der Waals surface area contributed by atoms with Crippen molar-refractivity contribution in [2.75, 3.05) is 0 Å². The van der Waals surface area contributed by atoms with Gasteiger partial charge in [-0.3, -0.25) is 14.6 Å². The highest BCUT2D eigenvalue weighted by atomic mass is 79.9. The number of carbonyl (C=O) groups is 2. The zero-order chi connectivity index (χ0) is 25.2. The van der Waals surface area contributed by atoms with E-state index in [0.29, 0.717) is 10.4 Å². The summed E-state index contributed by atoms with van der Waals surface area (Å²) in [5, 5.41) is 6.19. The van der Waals surface area contributed by atoms with E-state index in [1.54, 1.807) is 6.20 Å². The number of aromatic nitrogens is 3. The van der Waals surface area contributed by atoms with Gasteiger partial charge in [0, 0.05) is 29.9 Å². The van der Waals surface area contributed by atoms with Crippen LogP contribution in [-0.2, 0) is 0 Å². The molecule has 3 heterocycles. The molecule has 2 amide bonds. The van der Waals surface area contributed by atoms with Gasteiger partial charge in [-0.05, 0) is 97.9 Å². The van der Waals surface area contributed by atoms with Crippen molar-refractivity contribution in [1.29, 1.82) is 0 Å². The Bertz CT molecular complexity index is 1400. The molecule has 2 unspecified atom stereocenters. The van der Waals surface area contributed by atoms with Crippen molar-refractivity contribution in [2.45, 2.75) is 57.7 Å². The molecule has 0 saturated heterocycles. The number of hydrogen-bond donors (Lipinski definition) is 2. The lowest BCUT2D eigenvalue weighted by molar-refractivity contribution is 0.0922. The highest BCUT2D eigenvalue weighted by Gasteiger charge is 2.29. The molecule has 1 fully saturated rings. The van der Waals surface area contributed by atoms with Crippen LogP contribution in [0.15, 0.2) is 58.5 Å². The molecule has 4 aromatic rings. The molecule has 2 atom stereocenters. The molecule has 0 aliphatic heterocycles. The van der Waals surface area contributed by atoms with E-state index in [1.807, 2.05) is 62.4 Å². The summed E-state index contributed by atoms with van der Waals surface area (Å²) in [6.07, 6.45) is 5.50. The summed E-state index contributed by atoms with van der Waals surface area (Å²) in [4.78, 5) is 35.7. The van der Waals surface area contributed by atoms with Crippen LogP contribution in [0.4, 0.5) is 0 Å². The molecule has 9 heteroatoms. The monoisotopic (exact) mass is 565 g/mol. The van der Waals surface area contributed by atoms with Gasteiger partial charge in [-0.25, -0.2) is 4.98 Å². The van der Waals surface area contributed by atoms with Gasteiger partial charge in [0.2, 0.25) is 0 Å². The number of nitrogens with zero attached hydrogens (tertiary/aromatic N) is 3. The Kier molecular flexibility index (Phi) is 7.20. The van der Waals surface area contributed by atoms with Crippen molar-refractivity contribution < 1.29 is 9.59 Å². The first-order chi connectivity index (χ1) is 17.4. The Balaban J connectivity index is 1.48. The van der Waals surface area contributed by atoms with Crippen LogP contribution in [0.25, 0.3) is 22.6 Å². The lowest BCUT2D eigenvalue weighted by Gasteiger charge is -2.31. The summed E-state index contributed by atoms with van der Waals surface area (Å²) in [6.45, 7) is 3.89. The molecule has 0 bridgehead atoms. The van der Waals surface area contributed by atoms with Crippen molar-refractivity contribution in [2.24, 2.45) is 0 Å². The lowest BCUT2D eigenvalue weighted by Crippen LogP contribution is -2.38. The number of rotatable bonds is 6. The summed E-state index contributed by atoms with van der Waals surface area (Å²) in [5.74, 6) is 0.644. The smallest absolute Gasteiger partial charge is 0.261 e. The number of nitrogens with one attached hydrogen (secondary N) is 2. The van der Waals surface area contributed by atoms with Gasteiger partial charge in [0.1, 0.15) is 5.69 Å². The molecule has 2 N–H and O–H groups in total. The quantitative estimate of drug-likeness (QED) is 0.301. The predicted molar refractivity (Wildman–Crippen MR) is 146 cm³/mol. The fourth-order valence-electron chi connectivity index (χ4n) is 4.85. The largest absolute Gasteiger partial charge is 0.350 e. The average molecular weight is 567 g/mol. The highest BCUT2D eigenvalue weighted by molar-refractivity contribution is 9.11. The second kappa shape index (κ2) is 10.5. The molecule has 186 valence electrons. The van der Waals surface area contributed by atoms with Crippen LogP contribution < -0.4 is 10.6 Å². The minimum absolute atomic E-state index is 0.0300. The van der Waals surface area contributed by atoms with Crippen molar-refractivity contribution in [3.8, 4) is 11.5 Å². The molecule has 36 heavy (non-hydrogen) atoms. The molecule has 1 aliphatic rings. The van der Waals surface area contributed by atoms with Crippen LogP contribution in [-0.4, -0.2) is 38.4 Å². The Morgan fingerprint density at radius 2 is 1.97 bits per heavy atom. The highest BCUT2D eigenvalue weighted by Crippen LogP contribution is 2.36. The minimum Gasteiger partial charge on any atom is -0.350 e. The Labute approximate surface area is 222 Å². The summed E-state index contributed by atoms with van der Waals surface area (Å²) < 4.78 is 3.20. The molecule has 1 saturated carbocycles. The first-order valence-electron chi connectivity index (χ1n) is 12.2. The lowest BCUT2D eigenvalue weighted by atomic mass is 9.90. The van der Waals surface area contributed by atoms with E-state index in [9.17, 15) is 9.59 Å². The number of carbonyl (C=O) groups excluding carboxylic acids is 2. The number of imidazole rings is 1. The Hall–Kier alpha value is -3.04. The van der Waals surface area contributed by atoms with E-state index >= 15 is 0 Å². The maximum atomic E-state index is 12.8. The molecule has 1 aromatic carbocycles. The standard InChI is InChI=1S/C27H28BrN5O2S/c1-16(2)30-26(34)17-9-10-22-21(14-17)32-25(20-8-3-4-13-29-20)33(22)19-7-5-6-18(15-19)31-27(35)23-11-12-24(28)36-23/h3-4,8-14,16,18-19H,5-7,15H2,1-2H3,(H,30,34)(H,31,35). The van der Waals surface area contributed by atoms with Gasteiger partial charge in [-0.15, -0.1) is 11.3 Å². The van der Waals surface area contributed by atoms with Gasteiger partial charge < -0.3 is 15.2 Å². The van der Waals surface area contributed by atoms with Crippen LogP contribution in [0, 0.1) is 0 Å². The number of pyridine rings is 1. The molecule has 5 rings (SSSR count). The van der Waals surface area contributed by atoms with E-state index < -0.39 is 0 Å². The molecule has 7 nitrogen and oxygen atoms in total. The first-order valence-corrected chi connectivity index (χ1v) is 13.8. The SMILES string of the molecule is CC(C)NC(=O)c1ccc2c(c1)nc(-c1ccccn1)n2C1CCCC(NC(=O)c2ccc(Br)s2)C1. The van der Waals surface area contributed by atoms with E-state index in [-0.39, 0.29) is 29.9 Å². The summed E-state index contributed by atoms with van der Waals surface area (Å²) in [5.41, 5.74) is 3.11. The summed E-state index contributed by atoms with van der Waals surface area (Å²) in [6, 6.07) is 15.5. The fourth-order valence-corrected chi connectivity index (χ4v) is 6.14. The number of fused-ring (bicyclic) bond motifs is 1. The fraction of sp³-hybridized carbons (Fsp3) is 0.333. The molecular formula is C27H28BrN5O2S. The van der Waals surface area contributed by atoms with Crippen molar-refractivity contribution in [3.05, 3.63) is 69.0 Å². The minimum atomic E-state index is -0.110. The van der Waals surface area contributed by atoms with Crippen molar-refractivity contribution in [1.82, 2.24) is 25.2 Å². The Morgan fingerprint density at radius 3 is 2.69 bits per heavy atom. The van der Waals surface area contributed by atoms with Crippen LogP contribution in [0.2, 0.25) is 0 Å². The first kappa shape index (κ1) is 24.6. The third-order valence-electron chi connectivity index (χ3n) is 6.41. The van der Waals surface area contributed by atoms with Crippen LogP contribution in [0.1, 0.15) is 65.6 Å². The van der Waals surface area contributed by atoms with Gasteiger partial charge in [0.05, 0.1) is 19.7 Å². The van der Waals surface area contributed by atoms with Crippen LogP contribution >= 0.6 is 27.3 Å². The molecule has 0 radical (unpaired) electrons.